The number of carbonyl (C=O) groups is 1. The lowest BCUT2D eigenvalue weighted by Gasteiger charge is -2.17. The molecule has 0 aromatic heterocycles. The van der Waals surface area contributed by atoms with Crippen molar-refractivity contribution < 1.29 is 13.6 Å². The van der Waals surface area contributed by atoms with Crippen LogP contribution in [0.15, 0.2) is 46.9 Å². The summed E-state index contributed by atoms with van der Waals surface area (Å²) in [5.41, 5.74) is 1.03. The largest absolute Gasteiger partial charge is 0.325 e. The number of halogens is 3. The summed E-state index contributed by atoms with van der Waals surface area (Å²) in [7, 11) is 1.73. The van der Waals surface area contributed by atoms with Crippen molar-refractivity contribution >= 4 is 27.5 Å². The molecule has 0 heterocycles. The molecule has 0 spiro atoms. The first-order chi connectivity index (χ1) is 10.4. The Morgan fingerprint density at radius 3 is 2.55 bits per heavy atom. The predicted molar refractivity (Wildman–Crippen MR) is 85.5 cm³/mol. The van der Waals surface area contributed by atoms with Gasteiger partial charge in [0.2, 0.25) is 5.91 Å². The summed E-state index contributed by atoms with van der Waals surface area (Å²) in [5.74, 6) is -0.918. The van der Waals surface area contributed by atoms with E-state index in [4.69, 9.17) is 0 Å². The molecular formula is C16H15BrF2N2O. The highest BCUT2D eigenvalue weighted by Gasteiger charge is 2.10. The monoisotopic (exact) mass is 368 g/mol. The topological polar surface area (TPSA) is 32.3 Å². The van der Waals surface area contributed by atoms with Gasteiger partial charge in [-0.2, -0.15) is 0 Å². The van der Waals surface area contributed by atoms with Crippen molar-refractivity contribution in [2.45, 2.75) is 6.54 Å². The summed E-state index contributed by atoms with van der Waals surface area (Å²) in [6.45, 7) is 0.408. The van der Waals surface area contributed by atoms with Crippen molar-refractivity contribution in [3.63, 3.8) is 0 Å². The molecule has 0 unspecified atom stereocenters. The van der Waals surface area contributed by atoms with E-state index in [1.54, 1.807) is 24.1 Å². The molecule has 0 saturated heterocycles. The van der Waals surface area contributed by atoms with E-state index < -0.39 is 0 Å². The summed E-state index contributed by atoms with van der Waals surface area (Å²) in [5, 5.41) is 2.66. The molecular weight excluding hydrogens is 354 g/mol. The van der Waals surface area contributed by atoms with E-state index >= 15 is 0 Å². The van der Waals surface area contributed by atoms with Gasteiger partial charge in [-0.15, -0.1) is 0 Å². The highest BCUT2D eigenvalue weighted by atomic mass is 79.9. The Hall–Kier alpha value is -1.79. The van der Waals surface area contributed by atoms with E-state index in [-0.39, 0.29) is 24.1 Å². The number of rotatable bonds is 5. The minimum Gasteiger partial charge on any atom is -0.325 e. The molecule has 1 N–H and O–H groups in total. The highest BCUT2D eigenvalue weighted by molar-refractivity contribution is 9.10. The van der Waals surface area contributed by atoms with E-state index in [1.165, 1.54) is 30.3 Å². The van der Waals surface area contributed by atoms with Crippen LogP contribution in [0.4, 0.5) is 14.5 Å². The fourth-order valence-corrected chi connectivity index (χ4v) is 2.40. The Morgan fingerprint density at radius 1 is 1.18 bits per heavy atom. The van der Waals surface area contributed by atoms with Crippen LogP contribution >= 0.6 is 15.9 Å². The van der Waals surface area contributed by atoms with Crippen molar-refractivity contribution in [1.82, 2.24) is 4.90 Å². The summed E-state index contributed by atoms with van der Waals surface area (Å²) in [6, 6.07) is 10.2. The van der Waals surface area contributed by atoms with Crippen LogP contribution < -0.4 is 5.32 Å². The minimum atomic E-state index is -0.361. The zero-order valence-electron chi connectivity index (χ0n) is 11.9. The molecule has 0 aliphatic rings. The van der Waals surface area contributed by atoms with Gasteiger partial charge in [0.1, 0.15) is 11.6 Å². The van der Waals surface area contributed by atoms with Gasteiger partial charge >= 0.3 is 0 Å². The average molecular weight is 369 g/mol. The fourth-order valence-electron chi connectivity index (χ4n) is 1.99. The molecule has 2 aromatic carbocycles. The summed E-state index contributed by atoms with van der Waals surface area (Å²) in [6.07, 6.45) is 0. The molecule has 0 radical (unpaired) electrons. The molecule has 3 nitrogen and oxygen atoms in total. The fraction of sp³-hybridized carbons (Fsp3) is 0.188. The summed E-state index contributed by atoms with van der Waals surface area (Å²) >= 11 is 3.29. The van der Waals surface area contributed by atoms with Crippen LogP contribution in [-0.4, -0.2) is 24.4 Å². The number of anilines is 1. The van der Waals surface area contributed by atoms with Gasteiger partial charge in [0, 0.05) is 22.3 Å². The Morgan fingerprint density at radius 2 is 1.86 bits per heavy atom. The van der Waals surface area contributed by atoms with Gasteiger partial charge in [0.15, 0.2) is 0 Å². The lowest BCUT2D eigenvalue weighted by molar-refractivity contribution is -0.117. The van der Waals surface area contributed by atoms with Crippen LogP contribution in [0, 0.1) is 11.6 Å². The number of amides is 1. The predicted octanol–water partition coefficient (Wildman–Crippen LogP) is 3.80. The quantitative estimate of drug-likeness (QED) is 0.870. The maximum Gasteiger partial charge on any atom is 0.238 e. The van der Waals surface area contributed by atoms with Crippen LogP contribution in [0.5, 0.6) is 0 Å². The van der Waals surface area contributed by atoms with Crippen LogP contribution in [0.2, 0.25) is 0 Å². The Labute approximate surface area is 136 Å². The van der Waals surface area contributed by atoms with Crippen LogP contribution in [-0.2, 0) is 11.3 Å². The SMILES string of the molecule is CN(CC(=O)Nc1ccc(F)cc1)Cc1cc(Br)ccc1F. The van der Waals surface area contributed by atoms with Crippen molar-refractivity contribution in [2.75, 3.05) is 18.9 Å². The van der Waals surface area contributed by atoms with Crippen molar-refractivity contribution in [3.05, 3.63) is 64.1 Å². The number of likely N-dealkylation sites (N-methyl/N-ethyl adjacent to an activating group) is 1. The number of carbonyl (C=O) groups excluding carboxylic acids is 1. The lowest BCUT2D eigenvalue weighted by atomic mass is 10.2. The molecule has 22 heavy (non-hydrogen) atoms. The van der Waals surface area contributed by atoms with Crippen LogP contribution in [0.3, 0.4) is 0 Å². The zero-order chi connectivity index (χ0) is 16.1. The zero-order valence-corrected chi connectivity index (χ0v) is 13.5. The number of nitrogens with zero attached hydrogens (tertiary/aromatic N) is 1. The number of hydrogen-bond donors (Lipinski definition) is 1. The van der Waals surface area contributed by atoms with Crippen molar-refractivity contribution in [3.8, 4) is 0 Å². The van der Waals surface area contributed by atoms with Gasteiger partial charge in [-0.25, -0.2) is 8.78 Å². The number of benzene rings is 2. The third-order valence-corrected chi connectivity index (χ3v) is 3.48. The third-order valence-electron chi connectivity index (χ3n) is 2.99. The molecule has 0 fully saturated rings. The molecule has 6 heteroatoms. The Kier molecular flexibility index (Phi) is 5.63. The second-order valence-corrected chi connectivity index (χ2v) is 5.88. The normalized spacial score (nSPS) is 10.8. The minimum absolute atomic E-state index is 0.101. The summed E-state index contributed by atoms with van der Waals surface area (Å²) < 4.78 is 27.2. The van der Waals surface area contributed by atoms with Crippen molar-refractivity contribution in [2.24, 2.45) is 0 Å². The van der Waals surface area contributed by atoms with E-state index in [0.717, 1.165) is 4.47 Å². The van der Waals surface area contributed by atoms with E-state index in [9.17, 15) is 13.6 Å². The number of nitrogens with one attached hydrogen (secondary N) is 1. The van der Waals surface area contributed by atoms with Gasteiger partial charge in [0.05, 0.1) is 6.54 Å². The molecule has 116 valence electrons. The number of hydrogen-bond acceptors (Lipinski definition) is 2. The molecule has 2 aromatic rings. The molecule has 0 saturated carbocycles. The van der Waals surface area contributed by atoms with E-state index in [1.807, 2.05) is 0 Å². The maximum atomic E-state index is 13.7. The second kappa shape index (κ2) is 7.47. The smallest absolute Gasteiger partial charge is 0.238 e. The van der Waals surface area contributed by atoms with Crippen LogP contribution in [0.25, 0.3) is 0 Å². The molecule has 2 rings (SSSR count). The Balaban J connectivity index is 1.91. The van der Waals surface area contributed by atoms with Crippen molar-refractivity contribution in [1.29, 1.82) is 0 Å². The molecule has 0 atom stereocenters. The van der Waals surface area contributed by atoms with Gasteiger partial charge < -0.3 is 5.32 Å². The average Bonchev–Trinajstić information content (AvgIpc) is 2.45. The van der Waals surface area contributed by atoms with E-state index in [2.05, 4.69) is 21.2 Å². The Bertz CT molecular complexity index is 662. The van der Waals surface area contributed by atoms with Gasteiger partial charge in [-0.3, -0.25) is 9.69 Å². The van der Waals surface area contributed by atoms with Gasteiger partial charge in [-0.05, 0) is 49.5 Å². The molecule has 0 bridgehead atoms. The first-order valence-electron chi connectivity index (χ1n) is 6.62. The van der Waals surface area contributed by atoms with Gasteiger partial charge in [0.25, 0.3) is 0 Å². The van der Waals surface area contributed by atoms with Gasteiger partial charge in [-0.1, -0.05) is 15.9 Å². The lowest BCUT2D eigenvalue weighted by Crippen LogP contribution is -2.30. The maximum absolute atomic E-state index is 13.7. The highest BCUT2D eigenvalue weighted by Crippen LogP contribution is 2.17. The summed E-state index contributed by atoms with van der Waals surface area (Å²) in [4.78, 5) is 13.6. The molecule has 1 amide bonds. The molecule has 0 aliphatic heterocycles. The van der Waals surface area contributed by atoms with E-state index in [0.29, 0.717) is 17.8 Å². The third kappa shape index (κ3) is 4.89. The standard InChI is InChI=1S/C16H15BrF2N2O/c1-21(9-11-8-12(17)2-7-15(11)19)10-16(22)20-14-5-3-13(18)4-6-14/h2-8H,9-10H2,1H3,(H,20,22). The first kappa shape index (κ1) is 16.6. The molecule has 0 aliphatic carbocycles. The second-order valence-electron chi connectivity index (χ2n) is 4.96. The first-order valence-corrected chi connectivity index (χ1v) is 7.41. The van der Waals surface area contributed by atoms with Crippen LogP contribution in [0.1, 0.15) is 5.56 Å².